The molecule has 11 nitrogen and oxygen atoms in total. The highest BCUT2D eigenvalue weighted by molar-refractivity contribution is 6.37. The van der Waals surface area contributed by atoms with Gasteiger partial charge in [-0.2, -0.15) is 0 Å². The third kappa shape index (κ3) is 6.54. The van der Waals surface area contributed by atoms with Crippen LogP contribution in [0.4, 0.5) is 4.79 Å². The first kappa shape index (κ1) is 29.6. The van der Waals surface area contributed by atoms with E-state index in [-0.39, 0.29) is 29.6 Å². The van der Waals surface area contributed by atoms with Crippen molar-refractivity contribution in [3.63, 3.8) is 0 Å². The highest BCUT2D eigenvalue weighted by Crippen LogP contribution is 2.65. The molecule has 4 amide bonds. The maximum atomic E-state index is 14.0. The molecule has 5 atom stereocenters. The molecule has 212 valence electrons. The number of primary amides is 1. The first-order valence-electron chi connectivity index (χ1n) is 13.5. The number of nitrogens with zero attached hydrogens (tertiary/aromatic N) is 1. The number of alkyl carbamates (subject to hydrolysis) is 1. The second-order valence-corrected chi connectivity index (χ2v) is 11.9. The number of hydrogen-bond acceptors (Lipinski definition) is 7. The largest absolute Gasteiger partial charge is 0.418 e. The van der Waals surface area contributed by atoms with Crippen molar-refractivity contribution in [1.82, 2.24) is 15.5 Å². The van der Waals surface area contributed by atoms with Gasteiger partial charge in [0.05, 0.1) is 6.04 Å². The number of fused-ring (bicyclic) bond motifs is 1. The lowest BCUT2D eigenvalue weighted by atomic mass is 9.83. The monoisotopic (exact) mass is 534 g/mol. The summed E-state index contributed by atoms with van der Waals surface area (Å²) >= 11 is 0. The zero-order chi connectivity index (χ0) is 28.4. The van der Waals surface area contributed by atoms with Crippen molar-refractivity contribution in [1.29, 1.82) is 0 Å². The Hall–Kier alpha value is -2.95. The number of carbonyl (C=O) groups is 5. The standard InChI is InChI=1S/C27H42N4O7/c1-6-7-13-17(21(32)22(28)33)29-23(34)20-18-16(26(18,2)3)14-31(20)24(35)19(15-11-9-8-10-12-15)30-25(36)38-27(4,5)37/h6,15-20,37H,1,7-14H2,2-5H3,(H2,28,33)(H,29,34)(H,30,36)/t16?,17?,18?,19-,20-/m0/s1. The van der Waals surface area contributed by atoms with Crippen molar-refractivity contribution in [2.24, 2.45) is 28.9 Å². The number of allylic oxidation sites excluding steroid dienone is 1. The lowest BCUT2D eigenvalue weighted by molar-refractivity contribution is -0.146. The van der Waals surface area contributed by atoms with E-state index in [9.17, 15) is 29.1 Å². The van der Waals surface area contributed by atoms with Gasteiger partial charge in [-0.3, -0.25) is 19.2 Å². The maximum absolute atomic E-state index is 14.0. The molecule has 0 aromatic heterocycles. The molecule has 1 aliphatic heterocycles. The maximum Gasteiger partial charge on any atom is 0.410 e. The van der Waals surface area contributed by atoms with E-state index in [2.05, 4.69) is 17.2 Å². The number of hydrogen-bond donors (Lipinski definition) is 4. The summed E-state index contributed by atoms with van der Waals surface area (Å²) in [7, 11) is 0. The summed E-state index contributed by atoms with van der Waals surface area (Å²) in [5, 5.41) is 15.2. The molecule has 0 aromatic rings. The number of amides is 4. The number of nitrogens with one attached hydrogen (secondary N) is 2. The molecule has 2 aliphatic carbocycles. The average Bonchev–Trinajstić information content (AvgIpc) is 3.16. The number of nitrogens with two attached hydrogens (primary N) is 1. The number of Topliss-reactive ketones (excluding diaryl/α,β-unsaturated/α-hetero) is 1. The van der Waals surface area contributed by atoms with Crippen LogP contribution in [0.25, 0.3) is 0 Å². The van der Waals surface area contributed by atoms with Crippen LogP contribution in [0.5, 0.6) is 0 Å². The van der Waals surface area contributed by atoms with Crippen molar-refractivity contribution in [2.75, 3.05) is 6.54 Å². The van der Waals surface area contributed by atoms with Gasteiger partial charge in [0.1, 0.15) is 12.1 Å². The van der Waals surface area contributed by atoms with Gasteiger partial charge in [-0.05, 0) is 48.9 Å². The summed E-state index contributed by atoms with van der Waals surface area (Å²) in [4.78, 5) is 65.7. The van der Waals surface area contributed by atoms with Crippen LogP contribution in [0, 0.1) is 23.2 Å². The van der Waals surface area contributed by atoms with Crippen molar-refractivity contribution >= 4 is 29.6 Å². The van der Waals surface area contributed by atoms with E-state index in [1.807, 2.05) is 13.8 Å². The van der Waals surface area contributed by atoms with Crippen molar-refractivity contribution < 1.29 is 33.8 Å². The number of aliphatic hydroxyl groups is 1. The fourth-order valence-electron chi connectivity index (χ4n) is 6.21. The molecule has 3 rings (SSSR count). The number of rotatable bonds is 11. The molecule has 0 bridgehead atoms. The predicted octanol–water partition coefficient (Wildman–Crippen LogP) is 1.38. The first-order valence-corrected chi connectivity index (χ1v) is 13.5. The SMILES string of the molecule is C=CCCC(NC(=O)[C@@H]1C2C(CN1C(=O)[C@@H](NC(=O)OC(C)(C)O)C1CCCCC1)C2(C)C)C(=O)C(N)=O. The molecular formula is C27H42N4O7. The van der Waals surface area contributed by atoms with Gasteiger partial charge in [-0.1, -0.05) is 39.2 Å². The van der Waals surface area contributed by atoms with Gasteiger partial charge in [0.15, 0.2) is 0 Å². The Labute approximate surface area is 223 Å². The Morgan fingerprint density at radius 2 is 1.79 bits per heavy atom. The summed E-state index contributed by atoms with van der Waals surface area (Å²) in [6.45, 7) is 10.7. The molecule has 0 spiro atoms. The minimum Gasteiger partial charge on any atom is -0.418 e. The number of likely N-dealkylation sites (tertiary alicyclic amines) is 1. The zero-order valence-corrected chi connectivity index (χ0v) is 22.8. The first-order chi connectivity index (χ1) is 17.7. The van der Waals surface area contributed by atoms with E-state index in [4.69, 9.17) is 10.5 Å². The fraction of sp³-hybridized carbons (Fsp3) is 0.741. The zero-order valence-electron chi connectivity index (χ0n) is 22.8. The van der Waals surface area contributed by atoms with Crippen molar-refractivity contribution in [3.05, 3.63) is 12.7 Å². The summed E-state index contributed by atoms with van der Waals surface area (Å²) in [6.07, 6.45) is 5.54. The summed E-state index contributed by atoms with van der Waals surface area (Å²) in [5.41, 5.74) is 5.02. The molecule has 2 saturated carbocycles. The van der Waals surface area contributed by atoms with Crippen LogP contribution in [-0.4, -0.2) is 70.1 Å². The minimum atomic E-state index is -1.72. The molecule has 1 heterocycles. The van der Waals surface area contributed by atoms with Gasteiger partial charge in [0.25, 0.3) is 5.91 Å². The average molecular weight is 535 g/mol. The topological polar surface area (TPSA) is 168 Å². The molecule has 3 unspecified atom stereocenters. The summed E-state index contributed by atoms with van der Waals surface area (Å²) in [5.74, 6) is -4.89. The van der Waals surface area contributed by atoms with Crippen LogP contribution < -0.4 is 16.4 Å². The molecule has 0 aromatic carbocycles. The predicted molar refractivity (Wildman–Crippen MR) is 138 cm³/mol. The number of ether oxygens (including phenoxy) is 1. The van der Waals surface area contributed by atoms with E-state index in [0.717, 1.165) is 32.1 Å². The van der Waals surface area contributed by atoms with E-state index in [1.165, 1.54) is 18.7 Å². The Bertz CT molecular complexity index is 967. The highest BCUT2D eigenvalue weighted by Gasteiger charge is 2.69. The molecule has 3 aliphatic rings. The normalized spacial score (nSPS) is 25.9. The van der Waals surface area contributed by atoms with Gasteiger partial charge in [-0.15, -0.1) is 6.58 Å². The van der Waals surface area contributed by atoms with Gasteiger partial charge in [0, 0.05) is 20.4 Å². The Morgan fingerprint density at radius 3 is 2.34 bits per heavy atom. The molecule has 3 fully saturated rings. The van der Waals surface area contributed by atoms with Crippen LogP contribution in [-0.2, 0) is 23.9 Å². The Balaban J connectivity index is 1.85. The Kier molecular flexibility index (Phi) is 8.90. The van der Waals surface area contributed by atoms with Gasteiger partial charge >= 0.3 is 6.09 Å². The molecule has 1 saturated heterocycles. The lowest BCUT2D eigenvalue weighted by Gasteiger charge is -2.37. The second kappa shape index (κ2) is 11.4. The number of piperidine rings is 1. The molecular weight excluding hydrogens is 492 g/mol. The van der Waals surface area contributed by atoms with E-state index in [0.29, 0.717) is 13.0 Å². The molecule has 38 heavy (non-hydrogen) atoms. The van der Waals surface area contributed by atoms with E-state index in [1.54, 1.807) is 6.08 Å². The van der Waals surface area contributed by atoms with E-state index < -0.39 is 53.5 Å². The van der Waals surface area contributed by atoms with Gasteiger partial charge < -0.3 is 31.1 Å². The van der Waals surface area contributed by atoms with Gasteiger partial charge in [-0.25, -0.2) is 4.79 Å². The van der Waals surface area contributed by atoms with E-state index >= 15 is 0 Å². The third-order valence-corrected chi connectivity index (χ3v) is 8.30. The van der Waals surface area contributed by atoms with Crippen molar-refractivity contribution in [2.45, 2.75) is 96.6 Å². The number of ketones is 1. The molecule has 11 heteroatoms. The smallest absolute Gasteiger partial charge is 0.410 e. The highest BCUT2D eigenvalue weighted by atomic mass is 16.7. The Morgan fingerprint density at radius 1 is 1.16 bits per heavy atom. The van der Waals surface area contributed by atoms with Crippen LogP contribution >= 0.6 is 0 Å². The number of carbonyl (C=O) groups excluding carboxylic acids is 5. The third-order valence-electron chi connectivity index (χ3n) is 8.30. The van der Waals surface area contributed by atoms with Crippen LogP contribution in [0.3, 0.4) is 0 Å². The lowest BCUT2D eigenvalue weighted by Crippen LogP contribution is -2.59. The minimum absolute atomic E-state index is 0.0796. The molecule has 0 radical (unpaired) electrons. The van der Waals surface area contributed by atoms with Crippen LogP contribution in [0.1, 0.15) is 72.6 Å². The summed E-state index contributed by atoms with van der Waals surface area (Å²) < 4.78 is 5.01. The van der Waals surface area contributed by atoms with Crippen LogP contribution in [0.2, 0.25) is 0 Å². The van der Waals surface area contributed by atoms with Crippen molar-refractivity contribution in [3.8, 4) is 0 Å². The van der Waals surface area contributed by atoms with Crippen LogP contribution in [0.15, 0.2) is 12.7 Å². The quantitative estimate of drug-likeness (QED) is 0.176. The van der Waals surface area contributed by atoms with Gasteiger partial charge in [0.2, 0.25) is 23.4 Å². The molecule has 5 N–H and O–H groups in total. The fourth-order valence-corrected chi connectivity index (χ4v) is 6.21. The summed E-state index contributed by atoms with van der Waals surface area (Å²) in [6, 6.07) is -2.91. The second-order valence-electron chi connectivity index (χ2n) is 11.9.